The Balaban J connectivity index is 1.36. The topological polar surface area (TPSA) is 85.3 Å². The Bertz CT molecular complexity index is 1170. The highest BCUT2D eigenvalue weighted by Gasteiger charge is 2.07. The van der Waals surface area contributed by atoms with E-state index in [1.54, 1.807) is 7.11 Å². The summed E-state index contributed by atoms with van der Waals surface area (Å²) in [4.78, 5) is 0. The quantitative estimate of drug-likeness (QED) is 0.261. The lowest BCUT2D eigenvalue weighted by Gasteiger charge is -2.13. The second-order valence-corrected chi connectivity index (χ2v) is 7.38. The highest BCUT2D eigenvalue weighted by Crippen LogP contribution is 2.29. The van der Waals surface area contributed by atoms with Gasteiger partial charge in [-0.3, -0.25) is 5.41 Å². The predicted octanol–water partition coefficient (Wildman–Crippen LogP) is 4.96. The molecule has 0 radical (unpaired) electrons. The summed E-state index contributed by atoms with van der Waals surface area (Å²) in [6, 6.07) is 25.7. The van der Waals surface area contributed by atoms with E-state index in [4.69, 9.17) is 20.6 Å². The van der Waals surface area contributed by atoms with Gasteiger partial charge in [-0.25, -0.2) is 0 Å². The van der Waals surface area contributed by atoms with Crippen LogP contribution in [0.4, 0.5) is 5.69 Å². The van der Waals surface area contributed by atoms with Gasteiger partial charge in [0.05, 0.1) is 7.11 Å². The Morgan fingerprint density at radius 3 is 2.25 bits per heavy atom. The molecule has 0 atom stereocenters. The predicted molar refractivity (Wildman–Crippen MR) is 128 cm³/mol. The molecule has 0 bridgehead atoms. The van der Waals surface area contributed by atoms with Crippen LogP contribution in [-0.2, 0) is 13.2 Å². The van der Waals surface area contributed by atoms with E-state index in [0.29, 0.717) is 30.2 Å². The number of anilines is 1. The van der Waals surface area contributed by atoms with Gasteiger partial charge in [0.1, 0.15) is 12.4 Å². The molecular formula is C26H26N4O2. The second-order valence-electron chi connectivity index (χ2n) is 7.38. The standard InChI is InChI=1S/C26H26N4O2/c1-31-25-16-20(17-29-22-9-7-21(8-10-22)26(27)28)6-13-24(25)32-18-19-4-11-23(12-5-19)30-14-2-3-15-30/h2-16,29H,17-18H2,1H3,(H3,27,28). The molecular weight excluding hydrogens is 400 g/mol. The summed E-state index contributed by atoms with van der Waals surface area (Å²) in [7, 11) is 1.64. The zero-order valence-corrected chi connectivity index (χ0v) is 17.9. The summed E-state index contributed by atoms with van der Waals surface area (Å²) in [5.41, 5.74) is 10.4. The number of nitrogens with zero attached hydrogens (tertiary/aromatic N) is 1. The molecule has 0 amide bonds. The first-order chi connectivity index (χ1) is 15.6. The molecule has 3 aromatic carbocycles. The van der Waals surface area contributed by atoms with Gasteiger partial charge in [-0.15, -0.1) is 0 Å². The molecule has 0 aliphatic rings. The molecule has 0 saturated carbocycles. The third-order valence-corrected chi connectivity index (χ3v) is 5.15. The Morgan fingerprint density at radius 2 is 1.59 bits per heavy atom. The fourth-order valence-electron chi connectivity index (χ4n) is 3.35. The monoisotopic (exact) mass is 426 g/mol. The molecule has 6 heteroatoms. The number of nitrogens with one attached hydrogen (secondary N) is 2. The number of nitrogens with two attached hydrogens (primary N) is 1. The molecule has 32 heavy (non-hydrogen) atoms. The van der Waals surface area contributed by atoms with Crippen molar-refractivity contribution >= 4 is 11.5 Å². The number of ether oxygens (including phenoxy) is 2. The number of rotatable bonds is 9. The van der Waals surface area contributed by atoms with Crippen molar-refractivity contribution in [1.82, 2.24) is 4.57 Å². The van der Waals surface area contributed by atoms with Crippen molar-refractivity contribution in [2.75, 3.05) is 12.4 Å². The minimum absolute atomic E-state index is 0.0636. The Labute approximate surface area is 187 Å². The largest absolute Gasteiger partial charge is 0.493 e. The molecule has 162 valence electrons. The van der Waals surface area contributed by atoms with Gasteiger partial charge in [0, 0.05) is 35.9 Å². The van der Waals surface area contributed by atoms with E-state index in [2.05, 4.69) is 34.1 Å². The van der Waals surface area contributed by atoms with Crippen molar-refractivity contribution < 1.29 is 9.47 Å². The van der Waals surface area contributed by atoms with E-state index in [1.165, 1.54) is 0 Å². The highest BCUT2D eigenvalue weighted by atomic mass is 16.5. The summed E-state index contributed by atoms with van der Waals surface area (Å²) >= 11 is 0. The number of hydrogen-bond acceptors (Lipinski definition) is 4. The maximum atomic E-state index is 7.47. The minimum atomic E-state index is 0.0636. The van der Waals surface area contributed by atoms with Crippen LogP contribution < -0.4 is 20.5 Å². The Morgan fingerprint density at radius 1 is 0.906 bits per heavy atom. The van der Waals surface area contributed by atoms with E-state index in [1.807, 2.05) is 67.0 Å². The van der Waals surface area contributed by atoms with Crippen LogP contribution in [0.1, 0.15) is 16.7 Å². The lowest BCUT2D eigenvalue weighted by atomic mass is 10.1. The van der Waals surface area contributed by atoms with E-state index >= 15 is 0 Å². The van der Waals surface area contributed by atoms with Crippen LogP contribution >= 0.6 is 0 Å². The maximum Gasteiger partial charge on any atom is 0.161 e. The molecule has 0 aliphatic carbocycles. The van der Waals surface area contributed by atoms with E-state index in [0.717, 1.165) is 22.5 Å². The zero-order valence-electron chi connectivity index (χ0n) is 17.9. The first-order valence-electron chi connectivity index (χ1n) is 10.3. The molecule has 4 aromatic rings. The van der Waals surface area contributed by atoms with Crippen molar-refractivity contribution in [2.45, 2.75) is 13.2 Å². The molecule has 1 heterocycles. The first kappa shape index (κ1) is 21.1. The van der Waals surface area contributed by atoms with Crippen molar-refractivity contribution in [2.24, 2.45) is 5.73 Å². The fraction of sp³-hybridized carbons (Fsp3) is 0.115. The van der Waals surface area contributed by atoms with E-state index in [9.17, 15) is 0 Å². The van der Waals surface area contributed by atoms with Crippen LogP contribution in [0.25, 0.3) is 5.69 Å². The summed E-state index contributed by atoms with van der Waals surface area (Å²) < 4.78 is 13.6. The van der Waals surface area contributed by atoms with E-state index < -0.39 is 0 Å². The van der Waals surface area contributed by atoms with Crippen LogP contribution in [-0.4, -0.2) is 17.5 Å². The van der Waals surface area contributed by atoms with Gasteiger partial charge in [0.25, 0.3) is 0 Å². The smallest absolute Gasteiger partial charge is 0.161 e. The fourth-order valence-corrected chi connectivity index (χ4v) is 3.35. The molecule has 4 rings (SSSR count). The molecule has 0 spiro atoms. The van der Waals surface area contributed by atoms with Crippen LogP contribution in [0, 0.1) is 5.41 Å². The van der Waals surface area contributed by atoms with Crippen LogP contribution in [0.3, 0.4) is 0 Å². The number of aromatic nitrogens is 1. The number of hydrogen-bond donors (Lipinski definition) is 3. The highest BCUT2D eigenvalue weighted by molar-refractivity contribution is 5.95. The molecule has 4 N–H and O–H groups in total. The zero-order chi connectivity index (χ0) is 22.3. The Hall–Kier alpha value is -4.19. The van der Waals surface area contributed by atoms with Crippen LogP contribution in [0.2, 0.25) is 0 Å². The van der Waals surface area contributed by atoms with Gasteiger partial charge in [-0.2, -0.15) is 0 Å². The SMILES string of the molecule is COc1cc(CNc2ccc(C(=N)N)cc2)ccc1OCc1ccc(-n2cccc2)cc1. The lowest BCUT2D eigenvalue weighted by molar-refractivity contribution is 0.284. The number of nitrogen functional groups attached to an aromatic ring is 1. The van der Waals surface area contributed by atoms with Crippen molar-refractivity contribution in [3.8, 4) is 17.2 Å². The van der Waals surface area contributed by atoms with Gasteiger partial charge in [-0.05, 0) is 71.8 Å². The normalized spacial score (nSPS) is 10.5. The van der Waals surface area contributed by atoms with Gasteiger partial charge in [0.2, 0.25) is 0 Å². The summed E-state index contributed by atoms with van der Waals surface area (Å²) in [5, 5.41) is 10.8. The molecule has 0 fully saturated rings. The van der Waals surface area contributed by atoms with Gasteiger partial charge >= 0.3 is 0 Å². The molecule has 6 nitrogen and oxygen atoms in total. The van der Waals surface area contributed by atoms with Gasteiger partial charge in [-0.1, -0.05) is 18.2 Å². The summed E-state index contributed by atoms with van der Waals surface area (Å²) in [6.07, 6.45) is 4.04. The molecule has 0 unspecified atom stereocenters. The van der Waals surface area contributed by atoms with Crippen molar-refractivity contribution in [3.05, 3.63) is 108 Å². The number of amidine groups is 1. The van der Waals surface area contributed by atoms with Crippen LogP contribution in [0.15, 0.2) is 91.3 Å². The first-order valence-corrected chi connectivity index (χ1v) is 10.3. The van der Waals surface area contributed by atoms with Crippen molar-refractivity contribution in [1.29, 1.82) is 5.41 Å². The second kappa shape index (κ2) is 9.75. The number of methoxy groups -OCH3 is 1. The van der Waals surface area contributed by atoms with Gasteiger partial charge in [0.15, 0.2) is 11.5 Å². The average Bonchev–Trinajstić information content (AvgIpc) is 3.37. The Kier molecular flexibility index (Phi) is 6.41. The summed E-state index contributed by atoms with van der Waals surface area (Å²) in [6.45, 7) is 1.10. The summed E-state index contributed by atoms with van der Waals surface area (Å²) in [5.74, 6) is 1.46. The molecule has 0 saturated heterocycles. The number of benzene rings is 3. The van der Waals surface area contributed by atoms with Gasteiger partial charge < -0.3 is 25.1 Å². The maximum absolute atomic E-state index is 7.47. The molecule has 1 aromatic heterocycles. The van der Waals surface area contributed by atoms with E-state index in [-0.39, 0.29) is 5.84 Å². The molecule has 0 aliphatic heterocycles. The van der Waals surface area contributed by atoms with Crippen molar-refractivity contribution in [3.63, 3.8) is 0 Å². The average molecular weight is 427 g/mol. The third-order valence-electron chi connectivity index (χ3n) is 5.15. The van der Waals surface area contributed by atoms with Crippen LogP contribution in [0.5, 0.6) is 11.5 Å². The lowest BCUT2D eigenvalue weighted by Crippen LogP contribution is -2.10. The minimum Gasteiger partial charge on any atom is -0.493 e. The third kappa shape index (κ3) is 5.10.